The van der Waals surface area contributed by atoms with E-state index < -0.39 is 0 Å². The van der Waals surface area contributed by atoms with E-state index in [1.807, 2.05) is 12.1 Å². The molecule has 150 valence electrons. The largest absolute Gasteiger partial charge is 0.457 e. The SMILES string of the molecule is S=c1n(C2CCCCC2)c2ccccc2n1C1c2ccccc2Oc2ccccc21. The number of aromatic nitrogens is 2. The molecular formula is C26H24N2OS. The molecule has 0 saturated heterocycles. The van der Waals surface area contributed by atoms with Crippen LogP contribution in [0, 0.1) is 4.77 Å². The Morgan fingerprint density at radius 3 is 1.83 bits per heavy atom. The Morgan fingerprint density at radius 2 is 1.20 bits per heavy atom. The molecule has 6 rings (SSSR count). The highest BCUT2D eigenvalue weighted by molar-refractivity contribution is 7.71. The van der Waals surface area contributed by atoms with Crippen LogP contribution in [-0.2, 0) is 0 Å². The quantitative estimate of drug-likeness (QED) is 0.281. The molecule has 2 heterocycles. The number of hydrogen-bond donors (Lipinski definition) is 0. The molecule has 0 amide bonds. The first-order chi connectivity index (χ1) is 14.8. The lowest BCUT2D eigenvalue weighted by Crippen LogP contribution is -2.19. The fourth-order valence-electron chi connectivity index (χ4n) is 5.30. The maximum absolute atomic E-state index is 6.25. The highest BCUT2D eigenvalue weighted by Crippen LogP contribution is 2.46. The van der Waals surface area contributed by atoms with Crippen LogP contribution in [-0.4, -0.2) is 9.13 Å². The molecular weight excluding hydrogens is 388 g/mol. The third-order valence-corrected chi connectivity index (χ3v) is 7.05. The lowest BCUT2D eigenvalue weighted by atomic mass is 9.94. The Bertz CT molecular complexity index is 1250. The van der Waals surface area contributed by atoms with Crippen molar-refractivity contribution in [2.75, 3.05) is 0 Å². The first-order valence-electron chi connectivity index (χ1n) is 10.9. The van der Waals surface area contributed by atoms with E-state index in [0.29, 0.717) is 6.04 Å². The summed E-state index contributed by atoms with van der Waals surface area (Å²) >= 11 is 6.20. The fraction of sp³-hybridized carbons (Fsp3) is 0.269. The molecule has 4 heteroatoms. The van der Waals surface area contributed by atoms with Crippen LogP contribution < -0.4 is 4.74 Å². The highest BCUT2D eigenvalue weighted by atomic mass is 32.1. The number of rotatable bonds is 2. The van der Waals surface area contributed by atoms with Gasteiger partial charge < -0.3 is 13.9 Å². The number of hydrogen-bond acceptors (Lipinski definition) is 2. The number of nitrogens with zero attached hydrogens (tertiary/aromatic N) is 2. The van der Waals surface area contributed by atoms with Crippen molar-refractivity contribution in [3.05, 3.63) is 88.7 Å². The van der Waals surface area contributed by atoms with Gasteiger partial charge in [0.15, 0.2) is 4.77 Å². The summed E-state index contributed by atoms with van der Waals surface area (Å²) in [6.07, 6.45) is 6.33. The van der Waals surface area contributed by atoms with Crippen molar-refractivity contribution in [3.8, 4) is 11.5 Å². The maximum Gasteiger partial charge on any atom is 0.181 e. The van der Waals surface area contributed by atoms with Crippen LogP contribution >= 0.6 is 12.2 Å². The number of imidazole rings is 1. The molecule has 1 aliphatic heterocycles. The Balaban J connectivity index is 1.65. The minimum absolute atomic E-state index is 0.00777. The normalized spacial score (nSPS) is 16.8. The van der Waals surface area contributed by atoms with E-state index in [-0.39, 0.29) is 6.04 Å². The van der Waals surface area contributed by atoms with Gasteiger partial charge in [0.2, 0.25) is 0 Å². The second kappa shape index (κ2) is 7.13. The molecule has 0 spiro atoms. The standard InChI is InChI=1S/C26H24N2OS/c30-26-27(18-10-2-1-3-11-18)21-14-6-7-15-22(21)28(26)25-19-12-4-8-16-23(19)29-24-17-9-5-13-20(24)25/h4-9,12-18,25H,1-3,10-11H2. The molecule has 3 aromatic carbocycles. The van der Waals surface area contributed by atoms with E-state index in [1.165, 1.54) is 54.3 Å². The Labute approximate surface area is 181 Å². The van der Waals surface area contributed by atoms with Crippen LogP contribution in [0.15, 0.2) is 72.8 Å². The summed E-state index contributed by atoms with van der Waals surface area (Å²) in [5.41, 5.74) is 4.78. The van der Waals surface area contributed by atoms with Crippen molar-refractivity contribution in [1.29, 1.82) is 0 Å². The second-order valence-electron chi connectivity index (χ2n) is 8.38. The molecule has 30 heavy (non-hydrogen) atoms. The topological polar surface area (TPSA) is 19.1 Å². The number of fused-ring (bicyclic) bond motifs is 3. The van der Waals surface area contributed by atoms with Crippen LogP contribution in [0.4, 0.5) is 0 Å². The van der Waals surface area contributed by atoms with Crippen molar-refractivity contribution in [2.45, 2.75) is 44.2 Å². The zero-order valence-corrected chi connectivity index (χ0v) is 17.6. The fourth-order valence-corrected chi connectivity index (χ4v) is 5.75. The number of ether oxygens (including phenoxy) is 1. The first kappa shape index (κ1) is 18.0. The average Bonchev–Trinajstić information content (AvgIpc) is 3.09. The smallest absolute Gasteiger partial charge is 0.181 e. The minimum atomic E-state index is 0.00777. The van der Waals surface area contributed by atoms with Crippen molar-refractivity contribution >= 4 is 23.3 Å². The third-order valence-electron chi connectivity index (χ3n) is 6.66. The summed E-state index contributed by atoms with van der Waals surface area (Å²) < 4.78 is 12.0. The van der Waals surface area contributed by atoms with Crippen molar-refractivity contribution in [1.82, 2.24) is 9.13 Å². The molecule has 0 N–H and O–H groups in total. The molecule has 4 aromatic rings. The van der Waals surface area contributed by atoms with Crippen LogP contribution in [0.3, 0.4) is 0 Å². The van der Waals surface area contributed by atoms with Crippen LogP contribution in [0.5, 0.6) is 11.5 Å². The van der Waals surface area contributed by atoms with Crippen LogP contribution in [0.2, 0.25) is 0 Å². The van der Waals surface area contributed by atoms with E-state index in [4.69, 9.17) is 17.0 Å². The van der Waals surface area contributed by atoms with Gasteiger partial charge in [-0.3, -0.25) is 0 Å². The van der Waals surface area contributed by atoms with Gasteiger partial charge in [-0.25, -0.2) is 0 Å². The Kier molecular flexibility index (Phi) is 4.27. The van der Waals surface area contributed by atoms with Gasteiger partial charge in [0.25, 0.3) is 0 Å². The zero-order valence-electron chi connectivity index (χ0n) is 16.8. The zero-order chi connectivity index (χ0) is 20.1. The molecule has 2 aliphatic rings. The summed E-state index contributed by atoms with van der Waals surface area (Å²) in [4.78, 5) is 0. The number of para-hydroxylation sites is 4. The Morgan fingerprint density at radius 1 is 0.667 bits per heavy atom. The average molecular weight is 413 g/mol. The van der Waals surface area contributed by atoms with E-state index in [1.54, 1.807) is 0 Å². The molecule has 1 aliphatic carbocycles. The molecule has 1 saturated carbocycles. The van der Waals surface area contributed by atoms with Gasteiger partial charge in [-0.05, 0) is 49.3 Å². The van der Waals surface area contributed by atoms with Gasteiger partial charge in [-0.15, -0.1) is 0 Å². The third kappa shape index (κ3) is 2.67. The maximum atomic E-state index is 6.25. The highest BCUT2D eigenvalue weighted by Gasteiger charge is 2.31. The summed E-state index contributed by atoms with van der Waals surface area (Å²) in [5, 5.41) is 0. The van der Waals surface area contributed by atoms with Crippen LogP contribution in [0.25, 0.3) is 11.0 Å². The Hall–Kier alpha value is -2.85. The molecule has 0 unspecified atom stereocenters. The molecule has 1 aromatic heterocycles. The summed E-state index contributed by atoms with van der Waals surface area (Å²) in [6.45, 7) is 0. The van der Waals surface area contributed by atoms with Crippen molar-refractivity contribution < 1.29 is 4.74 Å². The summed E-state index contributed by atoms with van der Waals surface area (Å²) in [5.74, 6) is 1.83. The van der Waals surface area contributed by atoms with Gasteiger partial charge in [-0.2, -0.15) is 0 Å². The molecule has 1 fully saturated rings. The summed E-state index contributed by atoms with van der Waals surface area (Å²) in [7, 11) is 0. The van der Waals surface area contributed by atoms with E-state index in [0.717, 1.165) is 16.3 Å². The molecule has 0 atom stereocenters. The van der Waals surface area contributed by atoms with E-state index >= 15 is 0 Å². The van der Waals surface area contributed by atoms with Gasteiger partial charge in [0, 0.05) is 17.2 Å². The predicted molar refractivity (Wildman–Crippen MR) is 123 cm³/mol. The predicted octanol–water partition coefficient (Wildman–Crippen LogP) is 7.42. The monoisotopic (exact) mass is 412 g/mol. The molecule has 0 bridgehead atoms. The molecule has 3 nitrogen and oxygen atoms in total. The minimum Gasteiger partial charge on any atom is -0.457 e. The van der Waals surface area contributed by atoms with Gasteiger partial charge in [0.1, 0.15) is 11.5 Å². The van der Waals surface area contributed by atoms with Gasteiger partial charge in [0.05, 0.1) is 17.1 Å². The van der Waals surface area contributed by atoms with E-state index in [9.17, 15) is 0 Å². The van der Waals surface area contributed by atoms with Gasteiger partial charge in [-0.1, -0.05) is 67.8 Å². The molecule has 0 radical (unpaired) electrons. The first-order valence-corrected chi connectivity index (χ1v) is 11.3. The van der Waals surface area contributed by atoms with Crippen molar-refractivity contribution in [3.63, 3.8) is 0 Å². The van der Waals surface area contributed by atoms with E-state index in [2.05, 4.69) is 69.8 Å². The lowest BCUT2D eigenvalue weighted by molar-refractivity contribution is 0.353. The number of benzene rings is 3. The summed E-state index contributed by atoms with van der Waals surface area (Å²) in [6, 6.07) is 25.9. The second-order valence-corrected chi connectivity index (χ2v) is 8.75. The lowest BCUT2D eigenvalue weighted by Gasteiger charge is -2.30. The van der Waals surface area contributed by atoms with Crippen molar-refractivity contribution in [2.24, 2.45) is 0 Å². The van der Waals surface area contributed by atoms with Gasteiger partial charge >= 0.3 is 0 Å². The van der Waals surface area contributed by atoms with Crippen LogP contribution in [0.1, 0.15) is 55.3 Å².